The van der Waals surface area contributed by atoms with Crippen LogP contribution < -0.4 is 10.1 Å². The van der Waals surface area contributed by atoms with Crippen LogP contribution in [0.1, 0.15) is 47.1 Å². The van der Waals surface area contributed by atoms with Crippen LogP contribution in [0.15, 0.2) is 24.3 Å². The first-order chi connectivity index (χ1) is 8.24. The first-order valence-electron chi connectivity index (χ1n) is 6.73. The van der Waals surface area contributed by atoms with Gasteiger partial charge in [-0.15, -0.1) is 0 Å². The molecule has 1 aromatic carbocycles. The molecular formula is C16H27NO. The Bertz CT molecular complexity index is 360. The molecule has 102 valence electrons. The summed E-state index contributed by atoms with van der Waals surface area (Å²) in [5.41, 5.74) is 1.61. The Kier molecular flexibility index (Phi) is 4.80. The molecule has 0 saturated heterocycles. The van der Waals surface area contributed by atoms with E-state index in [4.69, 9.17) is 4.74 Å². The zero-order valence-corrected chi connectivity index (χ0v) is 12.6. The molecule has 1 aromatic rings. The van der Waals surface area contributed by atoms with Crippen LogP contribution >= 0.6 is 0 Å². The molecule has 18 heavy (non-hydrogen) atoms. The van der Waals surface area contributed by atoms with Crippen molar-refractivity contribution in [3.05, 3.63) is 29.8 Å². The van der Waals surface area contributed by atoms with Crippen molar-refractivity contribution < 1.29 is 4.74 Å². The maximum Gasteiger partial charge on any atom is 0.119 e. The number of hydrogen-bond donors (Lipinski definition) is 1. The molecule has 1 rings (SSSR count). The second kappa shape index (κ2) is 5.75. The van der Waals surface area contributed by atoms with Crippen LogP contribution in [-0.2, 0) is 5.41 Å². The molecule has 0 aliphatic carbocycles. The van der Waals surface area contributed by atoms with E-state index in [-0.39, 0.29) is 11.0 Å². The number of nitrogens with one attached hydrogen (secondary N) is 1. The molecule has 0 atom stereocenters. The molecule has 1 N–H and O–H groups in total. The Morgan fingerprint density at radius 3 is 2.00 bits per heavy atom. The maximum atomic E-state index is 5.47. The molecule has 0 saturated carbocycles. The van der Waals surface area contributed by atoms with Crippen LogP contribution in [-0.4, -0.2) is 18.7 Å². The lowest BCUT2D eigenvalue weighted by molar-refractivity contribution is 0.339. The lowest BCUT2D eigenvalue weighted by atomic mass is 9.84. The summed E-state index contributed by atoms with van der Waals surface area (Å²) in [4.78, 5) is 0. The summed E-state index contributed by atoms with van der Waals surface area (Å²) in [5.74, 6) is 0.945. The topological polar surface area (TPSA) is 21.3 Å². The quantitative estimate of drug-likeness (QED) is 0.858. The normalized spacial score (nSPS) is 12.6. The summed E-state index contributed by atoms with van der Waals surface area (Å²) in [6.45, 7) is 14.8. The minimum absolute atomic E-state index is 0.123. The molecule has 0 bridgehead atoms. The lowest BCUT2D eigenvalue weighted by Crippen LogP contribution is -2.43. The Hall–Kier alpha value is -1.02. The van der Waals surface area contributed by atoms with Crippen molar-refractivity contribution >= 4 is 0 Å². The van der Waals surface area contributed by atoms with E-state index in [9.17, 15) is 0 Å². The third-order valence-corrected chi connectivity index (χ3v) is 3.01. The molecule has 0 fully saturated rings. The SMILES string of the molecule is CCOc1ccc(C(C)(C)CNC(C)(C)C)cc1. The molecule has 0 spiro atoms. The van der Waals surface area contributed by atoms with Crippen LogP contribution in [0, 0.1) is 0 Å². The highest BCUT2D eigenvalue weighted by atomic mass is 16.5. The van der Waals surface area contributed by atoms with Crippen molar-refractivity contribution in [2.24, 2.45) is 0 Å². The third kappa shape index (κ3) is 4.69. The van der Waals surface area contributed by atoms with Crippen LogP contribution in [0.5, 0.6) is 5.75 Å². The Morgan fingerprint density at radius 1 is 1.00 bits per heavy atom. The third-order valence-electron chi connectivity index (χ3n) is 3.01. The fourth-order valence-electron chi connectivity index (χ4n) is 1.76. The molecule has 0 unspecified atom stereocenters. The van der Waals surface area contributed by atoms with Crippen molar-refractivity contribution in [3.8, 4) is 5.75 Å². The van der Waals surface area contributed by atoms with Gasteiger partial charge in [-0.1, -0.05) is 26.0 Å². The zero-order chi connectivity index (χ0) is 13.8. The fourth-order valence-corrected chi connectivity index (χ4v) is 1.76. The monoisotopic (exact) mass is 249 g/mol. The van der Waals surface area contributed by atoms with Gasteiger partial charge < -0.3 is 10.1 Å². The van der Waals surface area contributed by atoms with Crippen LogP contribution in [0.2, 0.25) is 0 Å². The molecule has 0 aromatic heterocycles. The van der Waals surface area contributed by atoms with Gasteiger partial charge in [-0.05, 0) is 45.4 Å². The summed E-state index contributed by atoms with van der Waals surface area (Å²) < 4.78 is 5.47. The second-order valence-corrected chi connectivity index (χ2v) is 6.44. The van der Waals surface area contributed by atoms with Gasteiger partial charge in [-0.2, -0.15) is 0 Å². The van der Waals surface area contributed by atoms with Gasteiger partial charge in [0, 0.05) is 17.5 Å². The van der Waals surface area contributed by atoms with Gasteiger partial charge >= 0.3 is 0 Å². The fraction of sp³-hybridized carbons (Fsp3) is 0.625. The van der Waals surface area contributed by atoms with E-state index in [1.807, 2.05) is 6.92 Å². The highest BCUT2D eigenvalue weighted by Gasteiger charge is 2.22. The number of hydrogen-bond acceptors (Lipinski definition) is 2. The van der Waals surface area contributed by atoms with Crippen LogP contribution in [0.4, 0.5) is 0 Å². The van der Waals surface area contributed by atoms with Gasteiger partial charge in [0.25, 0.3) is 0 Å². The standard InChI is InChI=1S/C16H27NO/c1-7-18-14-10-8-13(9-11-14)16(5,6)12-17-15(2,3)4/h8-11,17H,7,12H2,1-6H3. The number of rotatable bonds is 5. The van der Waals surface area contributed by atoms with Crippen LogP contribution in [0.3, 0.4) is 0 Å². The minimum atomic E-state index is 0.123. The van der Waals surface area contributed by atoms with Crippen molar-refractivity contribution in [2.75, 3.05) is 13.2 Å². The Balaban J connectivity index is 2.72. The molecule has 0 aliphatic heterocycles. The summed E-state index contributed by atoms with van der Waals surface area (Å²) >= 11 is 0. The van der Waals surface area contributed by atoms with E-state index in [0.717, 1.165) is 12.3 Å². The molecule has 2 heteroatoms. The van der Waals surface area contributed by atoms with Crippen molar-refractivity contribution in [3.63, 3.8) is 0 Å². The number of benzene rings is 1. The van der Waals surface area contributed by atoms with Crippen molar-refractivity contribution in [2.45, 2.75) is 52.5 Å². The predicted octanol–water partition coefficient (Wildman–Crippen LogP) is 3.75. The maximum absolute atomic E-state index is 5.47. The Morgan fingerprint density at radius 2 is 1.56 bits per heavy atom. The molecule has 0 aliphatic rings. The summed E-state index contributed by atoms with van der Waals surface area (Å²) in [6.07, 6.45) is 0. The van der Waals surface area contributed by atoms with Gasteiger partial charge in [0.15, 0.2) is 0 Å². The first kappa shape index (κ1) is 15.0. The smallest absolute Gasteiger partial charge is 0.119 e. The Labute approximate surface area is 112 Å². The molecular weight excluding hydrogens is 222 g/mol. The average Bonchev–Trinajstić information content (AvgIpc) is 2.27. The average molecular weight is 249 g/mol. The van der Waals surface area contributed by atoms with E-state index in [1.54, 1.807) is 0 Å². The van der Waals surface area contributed by atoms with Gasteiger partial charge in [-0.3, -0.25) is 0 Å². The minimum Gasteiger partial charge on any atom is -0.494 e. The van der Waals surface area contributed by atoms with E-state index < -0.39 is 0 Å². The number of ether oxygens (including phenoxy) is 1. The predicted molar refractivity (Wildman–Crippen MR) is 78.4 cm³/mol. The first-order valence-corrected chi connectivity index (χ1v) is 6.73. The molecule has 2 nitrogen and oxygen atoms in total. The molecule has 0 amide bonds. The molecule has 0 radical (unpaired) electrons. The van der Waals surface area contributed by atoms with Crippen LogP contribution in [0.25, 0.3) is 0 Å². The van der Waals surface area contributed by atoms with Crippen molar-refractivity contribution in [1.82, 2.24) is 5.32 Å². The van der Waals surface area contributed by atoms with Gasteiger partial charge in [-0.25, -0.2) is 0 Å². The van der Waals surface area contributed by atoms with Gasteiger partial charge in [0.1, 0.15) is 5.75 Å². The van der Waals surface area contributed by atoms with Crippen molar-refractivity contribution in [1.29, 1.82) is 0 Å². The lowest BCUT2D eigenvalue weighted by Gasteiger charge is -2.31. The highest BCUT2D eigenvalue weighted by Crippen LogP contribution is 2.25. The zero-order valence-electron chi connectivity index (χ0n) is 12.6. The summed E-state index contributed by atoms with van der Waals surface area (Å²) in [6, 6.07) is 8.43. The summed E-state index contributed by atoms with van der Waals surface area (Å²) in [5, 5.41) is 3.57. The molecule has 0 heterocycles. The van der Waals surface area contributed by atoms with E-state index in [1.165, 1.54) is 5.56 Å². The van der Waals surface area contributed by atoms with E-state index in [0.29, 0.717) is 6.61 Å². The van der Waals surface area contributed by atoms with E-state index in [2.05, 4.69) is 64.2 Å². The van der Waals surface area contributed by atoms with Gasteiger partial charge in [0.2, 0.25) is 0 Å². The largest absolute Gasteiger partial charge is 0.494 e. The van der Waals surface area contributed by atoms with Gasteiger partial charge in [0.05, 0.1) is 6.61 Å². The summed E-state index contributed by atoms with van der Waals surface area (Å²) in [7, 11) is 0. The second-order valence-electron chi connectivity index (χ2n) is 6.44. The highest BCUT2D eigenvalue weighted by molar-refractivity contribution is 5.31. The van der Waals surface area contributed by atoms with E-state index >= 15 is 0 Å².